The van der Waals surface area contributed by atoms with E-state index in [-0.39, 0.29) is 11.0 Å². The van der Waals surface area contributed by atoms with Gasteiger partial charge in [-0.1, -0.05) is 25.4 Å². The first kappa shape index (κ1) is 13.4. The number of rotatable bonds is 4. The molecule has 7 heteroatoms. The fourth-order valence-corrected chi connectivity index (χ4v) is 1.16. The molecule has 0 fully saturated rings. The van der Waals surface area contributed by atoms with Gasteiger partial charge in [-0.15, -0.1) is 10.2 Å². The Hall–Kier alpha value is -1.69. The van der Waals surface area contributed by atoms with Gasteiger partial charge in [0.15, 0.2) is 11.0 Å². The molecule has 2 atom stereocenters. The molecule has 0 bridgehead atoms. The first-order valence-electron chi connectivity index (χ1n) is 4.94. The summed E-state index contributed by atoms with van der Waals surface area (Å²) in [5, 5.41) is 18.7. The van der Waals surface area contributed by atoms with E-state index in [0.717, 1.165) is 0 Å². The van der Waals surface area contributed by atoms with Crippen LogP contribution in [0.2, 0.25) is 5.15 Å². The summed E-state index contributed by atoms with van der Waals surface area (Å²) in [6, 6.07) is 2.97. The summed E-state index contributed by atoms with van der Waals surface area (Å²) < 4.78 is 0. The summed E-state index contributed by atoms with van der Waals surface area (Å²) in [6.07, 6.45) is 0. The van der Waals surface area contributed by atoms with Crippen molar-refractivity contribution in [2.45, 2.75) is 13.8 Å². The first-order valence-corrected chi connectivity index (χ1v) is 5.32. The molecule has 0 aliphatic rings. The average Bonchev–Trinajstić information content (AvgIpc) is 2.30. The number of nitrogens with zero attached hydrogens (tertiary/aromatic N) is 2. The van der Waals surface area contributed by atoms with Crippen LogP contribution in [0.1, 0.15) is 13.8 Å². The Balaban J connectivity index is 2.66. The molecular weight excluding hydrogens is 246 g/mol. The molecule has 1 aromatic rings. The maximum Gasteiger partial charge on any atom is 0.307 e. The third kappa shape index (κ3) is 3.67. The monoisotopic (exact) mass is 257 g/mol. The van der Waals surface area contributed by atoms with E-state index in [4.69, 9.17) is 16.7 Å². The zero-order chi connectivity index (χ0) is 13.0. The van der Waals surface area contributed by atoms with Gasteiger partial charge in [-0.2, -0.15) is 0 Å². The summed E-state index contributed by atoms with van der Waals surface area (Å²) in [4.78, 5) is 22.4. The predicted octanol–water partition coefficient (Wildman–Crippen LogP) is 1.43. The molecule has 1 amide bonds. The number of nitrogens with one attached hydrogen (secondary N) is 1. The normalized spacial score (nSPS) is 13.8. The number of carboxylic acids is 1. The lowest BCUT2D eigenvalue weighted by Crippen LogP contribution is -2.30. The molecule has 0 spiro atoms. The number of carboxylic acid groups (broad SMARTS) is 1. The number of carbonyl (C=O) groups is 2. The Bertz CT molecular complexity index is 421. The lowest BCUT2D eigenvalue weighted by molar-refractivity contribution is -0.145. The van der Waals surface area contributed by atoms with Crippen molar-refractivity contribution in [2.24, 2.45) is 11.8 Å². The van der Waals surface area contributed by atoms with Gasteiger partial charge in [0, 0.05) is 5.92 Å². The Labute approximate surface area is 103 Å². The summed E-state index contributed by atoms with van der Waals surface area (Å²) in [5.74, 6) is -2.63. The molecule has 0 aliphatic heterocycles. The number of amides is 1. The van der Waals surface area contributed by atoms with E-state index in [1.165, 1.54) is 26.0 Å². The van der Waals surface area contributed by atoms with Crippen LogP contribution in [0.3, 0.4) is 0 Å². The lowest BCUT2D eigenvalue weighted by Gasteiger charge is -2.14. The highest BCUT2D eigenvalue weighted by atomic mass is 35.5. The van der Waals surface area contributed by atoms with E-state index in [9.17, 15) is 9.59 Å². The third-order valence-electron chi connectivity index (χ3n) is 2.44. The Morgan fingerprint density at radius 1 is 1.29 bits per heavy atom. The number of hydrogen-bond donors (Lipinski definition) is 2. The fourth-order valence-electron chi connectivity index (χ4n) is 1.06. The molecule has 92 valence electrons. The van der Waals surface area contributed by atoms with E-state index >= 15 is 0 Å². The van der Waals surface area contributed by atoms with Crippen LogP contribution in [0.4, 0.5) is 5.82 Å². The van der Waals surface area contributed by atoms with Gasteiger partial charge in [-0.3, -0.25) is 9.59 Å². The van der Waals surface area contributed by atoms with Crippen molar-refractivity contribution in [3.63, 3.8) is 0 Å². The quantitative estimate of drug-likeness (QED) is 0.851. The minimum atomic E-state index is -1.02. The maximum atomic E-state index is 11.7. The summed E-state index contributed by atoms with van der Waals surface area (Å²) in [6.45, 7) is 3.01. The average molecular weight is 258 g/mol. The van der Waals surface area contributed by atoms with E-state index in [2.05, 4.69) is 15.5 Å². The van der Waals surface area contributed by atoms with E-state index < -0.39 is 23.7 Å². The van der Waals surface area contributed by atoms with Crippen molar-refractivity contribution in [2.75, 3.05) is 5.32 Å². The number of aliphatic carboxylic acids is 1. The van der Waals surface area contributed by atoms with Crippen LogP contribution in [0.5, 0.6) is 0 Å². The van der Waals surface area contributed by atoms with Gasteiger partial charge in [-0.05, 0) is 12.1 Å². The molecule has 0 aliphatic carbocycles. The third-order valence-corrected chi connectivity index (χ3v) is 2.64. The van der Waals surface area contributed by atoms with E-state index in [1.807, 2.05) is 0 Å². The highest BCUT2D eigenvalue weighted by molar-refractivity contribution is 6.29. The molecule has 0 saturated heterocycles. The van der Waals surface area contributed by atoms with Gasteiger partial charge in [0.2, 0.25) is 5.91 Å². The van der Waals surface area contributed by atoms with Crippen LogP contribution in [-0.2, 0) is 9.59 Å². The first-order chi connectivity index (χ1) is 7.91. The van der Waals surface area contributed by atoms with Crippen LogP contribution in [-0.4, -0.2) is 27.2 Å². The van der Waals surface area contributed by atoms with Crippen LogP contribution < -0.4 is 5.32 Å². The molecule has 0 saturated carbocycles. The Kier molecular flexibility index (Phi) is 4.39. The number of hydrogen-bond acceptors (Lipinski definition) is 4. The van der Waals surface area contributed by atoms with Gasteiger partial charge in [0.1, 0.15) is 0 Å². The van der Waals surface area contributed by atoms with E-state index in [1.54, 1.807) is 0 Å². The molecule has 1 rings (SSSR count). The molecule has 0 aromatic carbocycles. The van der Waals surface area contributed by atoms with Crippen molar-refractivity contribution in [1.82, 2.24) is 10.2 Å². The number of halogens is 1. The Morgan fingerprint density at radius 2 is 1.94 bits per heavy atom. The van der Waals surface area contributed by atoms with Crippen molar-refractivity contribution in [1.29, 1.82) is 0 Å². The highest BCUT2D eigenvalue weighted by Gasteiger charge is 2.25. The zero-order valence-electron chi connectivity index (χ0n) is 9.35. The van der Waals surface area contributed by atoms with Crippen molar-refractivity contribution >= 4 is 29.3 Å². The molecule has 6 nitrogen and oxygen atoms in total. The number of aromatic nitrogens is 2. The molecule has 17 heavy (non-hydrogen) atoms. The second-order valence-electron chi connectivity index (χ2n) is 3.65. The van der Waals surface area contributed by atoms with E-state index in [0.29, 0.717) is 0 Å². The van der Waals surface area contributed by atoms with Gasteiger partial charge in [0.25, 0.3) is 0 Å². The number of carbonyl (C=O) groups excluding carboxylic acids is 1. The molecule has 2 unspecified atom stereocenters. The van der Waals surface area contributed by atoms with Gasteiger partial charge in [-0.25, -0.2) is 0 Å². The second kappa shape index (κ2) is 5.58. The molecule has 1 aromatic heterocycles. The minimum Gasteiger partial charge on any atom is -0.481 e. The maximum absolute atomic E-state index is 11.7. The van der Waals surface area contributed by atoms with Crippen molar-refractivity contribution in [3.8, 4) is 0 Å². The standard InChI is InChI=1S/C10H12ClN3O3/c1-5(6(2)10(16)17)9(15)12-8-4-3-7(11)13-14-8/h3-6H,1-2H3,(H,16,17)(H,12,14,15). The smallest absolute Gasteiger partial charge is 0.307 e. The summed E-state index contributed by atoms with van der Waals surface area (Å²) in [7, 11) is 0. The van der Waals surface area contributed by atoms with Crippen LogP contribution in [0.25, 0.3) is 0 Å². The van der Waals surface area contributed by atoms with Crippen LogP contribution in [0.15, 0.2) is 12.1 Å². The van der Waals surface area contributed by atoms with Gasteiger partial charge in [0.05, 0.1) is 5.92 Å². The van der Waals surface area contributed by atoms with Gasteiger partial charge >= 0.3 is 5.97 Å². The van der Waals surface area contributed by atoms with Crippen LogP contribution >= 0.6 is 11.6 Å². The summed E-state index contributed by atoms with van der Waals surface area (Å²) in [5.41, 5.74) is 0. The molecule has 0 radical (unpaired) electrons. The topological polar surface area (TPSA) is 92.2 Å². The summed E-state index contributed by atoms with van der Waals surface area (Å²) >= 11 is 5.54. The lowest BCUT2D eigenvalue weighted by atomic mass is 9.95. The molecule has 2 N–H and O–H groups in total. The predicted molar refractivity (Wildman–Crippen MR) is 61.6 cm³/mol. The largest absolute Gasteiger partial charge is 0.481 e. The van der Waals surface area contributed by atoms with Crippen molar-refractivity contribution in [3.05, 3.63) is 17.3 Å². The highest BCUT2D eigenvalue weighted by Crippen LogP contribution is 2.14. The minimum absolute atomic E-state index is 0.218. The molecular formula is C10H12ClN3O3. The second-order valence-corrected chi connectivity index (χ2v) is 4.03. The van der Waals surface area contributed by atoms with Crippen molar-refractivity contribution < 1.29 is 14.7 Å². The fraction of sp³-hybridized carbons (Fsp3) is 0.400. The van der Waals surface area contributed by atoms with Gasteiger partial charge < -0.3 is 10.4 Å². The molecule has 1 heterocycles. The SMILES string of the molecule is CC(C(=O)O)C(C)C(=O)Nc1ccc(Cl)nn1. The zero-order valence-corrected chi connectivity index (χ0v) is 10.1. The Morgan fingerprint density at radius 3 is 2.41 bits per heavy atom. The van der Waals surface area contributed by atoms with Crippen LogP contribution in [0, 0.1) is 11.8 Å². The number of anilines is 1.